The molecule has 0 aliphatic rings. The molecule has 12 heteroatoms. The summed E-state index contributed by atoms with van der Waals surface area (Å²) in [5.41, 5.74) is 5.42. The first-order chi connectivity index (χ1) is 14.3. The van der Waals surface area contributed by atoms with Gasteiger partial charge in [0.25, 0.3) is 5.91 Å². The van der Waals surface area contributed by atoms with Crippen LogP contribution in [0.2, 0.25) is 0 Å². The third-order valence-corrected chi connectivity index (χ3v) is 5.49. The van der Waals surface area contributed by atoms with Crippen molar-refractivity contribution in [1.29, 1.82) is 0 Å². The van der Waals surface area contributed by atoms with Crippen LogP contribution in [0, 0.1) is 11.7 Å². The minimum Gasteiger partial charge on any atom is -0.313 e. The standard InChI is InChI=1S/C18H19FN6O4S/c1-11(2)15(25-30(27,28)14-6-4-3-5-13(14)19)17(26)22-23-18-21-16(24-29-18)12-7-9-20-10-8-12/h3-11,15,25H,1-2H3,(H,22,26)(H,21,23,24)/t15-/m0/s1. The van der Waals surface area contributed by atoms with Crippen molar-refractivity contribution in [3.8, 4) is 11.4 Å². The van der Waals surface area contributed by atoms with Crippen LogP contribution in [0.25, 0.3) is 11.4 Å². The fraction of sp³-hybridized carbons (Fsp3) is 0.222. The summed E-state index contributed by atoms with van der Waals surface area (Å²) in [6.07, 6.45) is 3.13. The maximum absolute atomic E-state index is 13.9. The van der Waals surface area contributed by atoms with Gasteiger partial charge in [-0.05, 0) is 30.2 Å². The Bertz CT molecular complexity index is 1120. The zero-order valence-electron chi connectivity index (χ0n) is 16.0. The molecule has 10 nitrogen and oxygen atoms in total. The van der Waals surface area contributed by atoms with Crippen molar-refractivity contribution in [3.05, 3.63) is 54.6 Å². The lowest BCUT2D eigenvalue weighted by atomic mass is 10.1. The molecule has 1 atom stereocenters. The van der Waals surface area contributed by atoms with Gasteiger partial charge in [0, 0.05) is 18.0 Å². The number of nitrogens with one attached hydrogen (secondary N) is 3. The van der Waals surface area contributed by atoms with Crippen LogP contribution in [0.3, 0.4) is 0 Å². The second-order valence-corrected chi connectivity index (χ2v) is 8.23. The van der Waals surface area contributed by atoms with Crippen molar-refractivity contribution in [1.82, 2.24) is 25.3 Å². The van der Waals surface area contributed by atoms with E-state index < -0.39 is 38.6 Å². The Kier molecular flexibility index (Phi) is 6.37. The molecule has 1 aromatic carbocycles. The monoisotopic (exact) mass is 434 g/mol. The number of hydrogen-bond acceptors (Lipinski definition) is 8. The van der Waals surface area contributed by atoms with E-state index in [1.165, 1.54) is 12.1 Å². The lowest BCUT2D eigenvalue weighted by Crippen LogP contribution is -2.51. The molecule has 158 valence electrons. The molecule has 1 amide bonds. The third kappa shape index (κ3) is 4.96. The molecule has 3 aromatic rings. The molecule has 0 aliphatic heterocycles. The number of aromatic nitrogens is 3. The van der Waals surface area contributed by atoms with Crippen molar-refractivity contribution in [2.75, 3.05) is 5.43 Å². The van der Waals surface area contributed by atoms with E-state index in [4.69, 9.17) is 4.52 Å². The zero-order chi connectivity index (χ0) is 21.7. The Balaban J connectivity index is 1.68. The van der Waals surface area contributed by atoms with Crippen molar-refractivity contribution < 1.29 is 22.1 Å². The summed E-state index contributed by atoms with van der Waals surface area (Å²) in [4.78, 5) is 20.0. The van der Waals surface area contributed by atoms with E-state index in [1.54, 1.807) is 38.4 Å². The van der Waals surface area contributed by atoms with Gasteiger partial charge >= 0.3 is 6.01 Å². The molecule has 0 spiro atoms. The summed E-state index contributed by atoms with van der Waals surface area (Å²) in [7, 11) is -4.27. The highest BCUT2D eigenvalue weighted by atomic mass is 32.2. The molecule has 0 bridgehead atoms. The van der Waals surface area contributed by atoms with E-state index in [0.717, 1.165) is 12.1 Å². The van der Waals surface area contributed by atoms with Crippen molar-refractivity contribution in [2.45, 2.75) is 24.8 Å². The maximum Gasteiger partial charge on any atom is 0.340 e. The first-order valence-corrected chi connectivity index (χ1v) is 10.3. The van der Waals surface area contributed by atoms with E-state index in [2.05, 4.69) is 30.7 Å². The maximum atomic E-state index is 13.9. The Morgan fingerprint density at radius 3 is 2.50 bits per heavy atom. The number of benzene rings is 1. The molecule has 3 rings (SSSR count). The van der Waals surface area contributed by atoms with E-state index in [1.807, 2.05) is 0 Å². The normalized spacial score (nSPS) is 12.5. The fourth-order valence-electron chi connectivity index (χ4n) is 2.47. The smallest absolute Gasteiger partial charge is 0.313 e. The third-order valence-electron chi connectivity index (χ3n) is 4.01. The number of hydrazine groups is 1. The second kappa shape index (κ2) is 8.97. The molecule has 3 N–H and O–H groups in total. The van der Waals surface area contributed by atoms with Crippen LogP contribution in [-0.2, 0) is 14.8 Å². The number of hydrogen-bond donors (Lipinski definition) is 3. The number of pyridine rings is 1. The number of anilines is 1. The lowest BCUT2D eigenvalue weighted by molar-refractivity contribution is -0.123. The number of amides is 1. The SMILES string of the molecule is CC(C)[C@H](NS(=O)(=O)c1ccccc1F)C(=O)NNc1nc(-c2ccncc2)no1. The van der Waals surface area contributed by atoms with Gasteiger partial charge in [0.05, 0.1) is 0 Å². The van der Waals surface area contributed by atoms with Crippen molar-refractivity contribution in [3.63, 3.8) is 0 Å². The van der Waals surface area contributed by atoms with Crippen LogP contribution in [0.1, 0.15) is 13.8 Å². The van der Waals surface area contributed by atoms with E-state index in [0.29, 0.717) is 5.56 Å². The molecule has 0 saturated carbocycles. The average molecular weight is 434 g/mol. The van der Waals surface area contributed by atoms with E-state index in [-0.39, 0.29) is 11.8 Å². The summed E-state index contributed by atoms with van der Waals surface area (Å²) >= 11 is 0. The number of carbonyl (C=O) groups is 1. The minimum atomic E-state index is -4.27. The summed E-state index contributed by atoms with van der Waals surface area (Å²) in [6, 6.07) is 6.97. The van der Waals surface area contributed by atoms with Gasteiger partial charge in [-0.25, -0.2) is 18.2 Å². The van der Waals surface area contributed by atoms with Crippen LogP contribution < -0.4 is 15.6 Å². The van der Waals surface area contributed by atoms with Crippen LogP contribution in [0.15, 0.2) is 58.2 Å². The largest absolute Gasteiger partial charge is 0.340 e. The molecule has 0 saturated heterocycles. The quantitative estimate of drug-likeness (QED) is 0.456. The van der Waals surface area contributed by atoms with E-state index >= 15 is 0 Å². The Labute approximate surface area is 171 Å². The van der Waals surface area contributed by atoms with Gasteiger partial charge < -0.3 is 4.52 Å². The molecule has 2 aromatic heterocycles. The van der Waals surface area contributed by atoms with Gasteiger partial charge in [-0.1, -0.05) is 31.1 Å². The van der Waals surface area contributed by atoms with Crippen LogP contribution in [-0.4, -0.2) is 35.5 Å². The molecule has 0 fully saturated rings. The number of nitrogens with zero attached hydrogens (tertiary/aromatic N) is 3. The first kappa shape index (κ1) is 21.3. The molecular weight excluding hydrogens is 415 g/mol. The van der Waals surface area contributed by atoms with Crippen molar-refractivity contribution >= 4 is 21.9 Å². The minimum absolute atomic E-state index is 0.102. The van der Waals surface area contributed by atoms with Gasteiger partial charge in [-0.3, -0.25) is 15.2 Å². The first-order valence-electron chi connectivity index (χ1n) is 8.85. The van der Waals surface area contributed by atoms with E-state index in [9.17, 15) is 17.6 Å². The fourth-order valence-corrected chi connectivity index (χ4v) is 3.89. The molecule has 0 aliphatic carbocycles. The number of rotatable bonds is 8. The molecule has 0 radical (unpaired) electrons. The Morgan fingerprint density at radius 1 is 1.13 bits per heavy atom. The number of sulfonamides is 1. The lowest BCUT2D eigenvalue weighted by Gasteiger charge is -2.21. The molecule has 2 heterocycles. The van der Waals surface area contributed by atoms with Gasteiger partial charge in [0.1, 0.15) is 16.8 Å². The number of carbonyl (C=O) groups excluding carboxylic acids is 1. The molecular formula is C18H19FN6O4S. The van der Waals surface area contributed by atoms with Gasteiger partial charge in [0.15, 0.2) is 0 Å². The van der Waals surface area contributed by atoms with Crippen molar-refractivity contribution in [2.24, 2.45) is 5.92 Å². The highest BCUT2D eigenvalue weighted by Gasteiger charge is 2.30. The van der Waals surface area contributed by atoms with Gasteiger partial charge in [-0.2, -0.15) is 9.71 Å². The zero-order valence-corrected chi connectivity index (χ0v) is 16.9. The van der Waals surface area contributed by atoms with Gasteiger partial charge in [0.2, 0.25) is 15.8 Å². The van der Waals surface area contributed by atoms with Crippen LogP contribution in [0.5, 0.6) is 0 Å². The highest BCUT2D eigenvalue weighted by molar-refractivity contribution is 7.89. The van der Waals surface area contributed by atoms with Crippen LogP contribution in [0.4, 0.5) is 10.4 Å². The predicted octanol–water partition coefficient (Wildman–Crippen LogP) is 1.72. The summed E-state index contributed by atoms with van der Waals surface area (Å²) in [6.45, 7) is 3.28. The van der Waals surface area contributed by atoms with Gasteiger partial charge in [-0.15, -0.1) is 0 Å². The summed E-state index contributed by atoms with van der Waals surface area (Å²) in [5.74, 6) is -1.80. The summed E-state index contributed by atoms with van der Waals surface area (Å²) in [5, 5.41) is 3.77. The Hall–Kier alpha value is -3.38. The topological polar surface area (TPSA) is 139 Å². The van der Waals surface area contributed by atoms with Crippen LogP contribution >= 0.6 is 0 Å². The molecule has 0 unspecified atom stereocenters. The average Bonchev–Trinajstić information content (AvgIpc) is 3.20. The highest BCUT2D eigenvalue weighted by Crippen LogP contribution is 2.17. The second-order valence-electron chi connectivity index (χ2n) is 6.55. The molecule has 30 heavy (non-hydrogen) atoms. The summed E-state index contributed by atoms with van der Waals surface area (Å²) < 4.78 is 46.1. The Morgan fingerprint density at radius 2 is 1.83 bits per heavy atom. The number of halogens is 1. The predicted molar refractivity (Wildman–Crippen MR) is 105 cm³/mol.